The predicted octanol–water partition coefficient (Wildman–Crippen LogP) is 1.81. The van der Waals surface area contributed by atoms with E-state index in [2.05, 4.69) is 0 Å². The SMILES string of the molecule is Cc1ccc(S(=O)(=O)N2C[C@H](O)[C@H](Oc3ccccc3)C2)cc1. The largest absolute Gasteiger partial charge is 0.486 e. The minimum atomic E-state index is -3.62. The number of rotatable bonds is 4. The van der Waals surface area contributed by atoms with Gasteiger partial charge in [0.25, 0.3) is 0 Å². The molecule has 0 bridgehead atoms. The van der Waals surface area contributed by atoms with Gasteiger partial charge in [-0.1, -0.05) is 35.9 Å². The number of hydrogen-bond acceptors (Lipinski definition) is 4. The van der Waals surface area contributed by atoms with Crippen LogP contribution in [0.15, 0.2) is 59.5 Å². The van der Waals surface area contributed by atoms with Crippen molar-refractivity contribution < 1.29 is 18.3 Å². The number of benzene rings is 2. The number of aryl methyl sites for hydroxylation is 1. The van der Waals surface area contributed by atoms with E-state index in [0.717, 1.165) is 5.56 Å². The van der Waals surface area contributed by atoms with Crippen LogP contribution in [0.1, 0.15) is 5.56 Å². The van der Waals surface area contributed by atoms with Crippen molar-refractivity contribution >= 4 is 10.0 Å². The minimum Gasteiger partial charge on any atom is -0.486 e. The van der Waals surface area contributed by atoms with Crippen LogP contribution in [0.3, 0.4) is 0 Å². The molecule has 0 amide bonds. The van der Waals surface area contributed by atoms with Crippen LogP contribution in [0, 0.1) is 6.92 Å². The average molecular weight is 333 g/mol. The molecule has 1 aliphatic rings. The van der Waals surface area contributed by atoms with Crippen LogP contribution in [0.2, 0.25) is 0 Å². The lowest BCUT2D eigenvalue weighted by Crippen LogP contribution is -2.31. The number of hydrogen-bond donors (Lipinski definition) is 1. The summed E-state index contributed by atoms with van der Waals surface area (Å²) in [7, 11) is -3.62. The fraction of sp³-hybridized carbons (Fsp3) is 0.294. The molecule has 6 heteroatoms. The first-order valence-corrected chi connectivity index (χ1v) is 8.87. The van der Waals surface area contributed by atoms with E-state index < -0.39 is 22.2 Å². The van der Waals surface area contributed by atoms with Gasteiger partial charge in [-0.2, -0.15) is 4.31 Å². The molecule has 1 aliphatic heterocycles. The summed E-state index contributed by atoms with van der Waals surface area (Å²) >= 11 is 0. The fourth-order valence-electron chi connectivity index (χ4n) is 2.57. The van der Waals surface area contributed by atoms with Gasteiger partial charge in [-0.15, -0.1) is 0 Å². The highest BCUT2D eigenvalue weighted by Gasteiger charge is 2.39. The van der Waals surface area contributed by atoms with Gasteiger partial charge in [0, 0.05) is 6.54 Å². The molecule has 2 atom stereocenters. The molecule has 0 aliphatic carbocycles. The summed E-state index contributed by atoms with van der Waals surface area (Å²) in [5.41, 5.74) is 0.996. The Balaban J connectivity index is 1.76. The second kappa shape index (κ2) is 6.31. The van der Waals surface area contributed by atoms with Gasteiger partial charge in [0.15, 0.2) is 0 Å². The van der Waals surface area contributed by atoms with Gasteiger partial charge >= 0.3 is 0 Å². The predicted molar refractivity (Wildman–Crippen MR) is 86.8 cm³/mol. The third-order valence-electron chi connectivity index (χ3n) is 3.89. The molecule has 0 spiro atoms. The summed E-state index contributed by atoms with van der Waals surface area (Å²) < 4.78 is 32.3. The summed E-state index contributed by atoms with van der Waals surface area (Å²) in [6.07, 6.45) is -1.42. The molecular weight excluding hydrogens is 314 g/mol. The molecule has 0 saturated carbocycles. The van der Waals surface area contributed by atoms with Crippen LogP contribution in [0.25, 0.3) is 0 Å². The van der Waals surface area contributed by atoms with Crippen molar-refractivity contribution in [3.05, 3.63) is 60.2 Å². The Bertz CT molecular complexity index is 759. The molecule has 2 aromatic rings. The molecule has 122 valence electrons. The Morgan fingerprint density at radius 2 is 1.70 bits per heavy atom. The molecule has 3 rings (SSSR count). The average Bonchev–Trinajstić information content (AvgIpc) is 2.90. The Kier molecular flexibility index (Phi) is 4.39. The monoisotopic (exact) mass is 333 g/mol. The third kappa shape index (κ3) is 3.39. The van der Waals surface area contributed by atoms with Crippen LogP contribution >= 0.6 is 0 Å². The second-order valence-electron chi connectivity index (χ2n) is 5.67. The first-order valence-electron chi connectivity index (χ1n) is 7.43. The zero-order valence-electron chi connectivity index (χ0n) is 12.8. The summed E-state index contributed by atoms with van der Waals surface area (Å²) in [5, 5.41) is 10.1. The maximum Gasteiger partial charge on any atom is 0.243 e. The lowest BCUT2D eigenvalue weighted by molar-refractivity contribution is 0.0737. The number of ether oxygens (including phenoxy) is 1. The maximum atomic E-state index is 12.6. The Hall–Kier alpha value is -1.89. The van der Waals surface area contributed by atoms with E-state index in [-0.39, 0.29) is 18.0 Å². The van der Waals surface area contributed by atoms with E-state index in [1.807, 2.05) is 25.1 Å². The summed E-state index contributed by atoms with van der Waals surface area (Å²) in [4.78, 5) is 0.232. The van der Waals surface area contributed by atoms with Crippen LogP contribution in [0.5, 0.6) is 5.75 Å². The summed E-state index contributed by atoms with van der Waals surface area (Å²) in [5.74, 6) is 0.617. The number of aliphatic hydroxyl groups excluding tert-OH is 1. The topological polar surface area (TPSA) is 66.8 Å². The van der Waals surface area contributed by atoms with Gasteiger partial charge in [-0.3, -0.25) is 0 Å². The fourth-order valence-corrected chi connectivity index (χ4v) is 4.04. The van der Waals surface area contributed by atoms with Gasteiger partial charge in [0.05, 0.1) is 11.4 Å². The van der Waals surface area contributed by atoms with Crippen LogP contribution in [-0.2, 0) is 10.0 Å². The molecule has 2 aromatic carbocycles. The zero-order valence-corrected chi connectivity index (χ0v) is 13.6. The van der Waals surface area contributed by atoms with Crippen molar-refractivity contribution in [1.29, 1.82) is 0 Å². The quantitative estimate of drug-likeness (QED) is 0.927. The Morgan fingerprint density at radius 1 is 1.04 bits per heavy atom. The van der Waals surface area contributed by atoms with E-state index in [0.29, 0.717) is 5.75 Å². The highest BCUT2D eigenvalue weighted by molar-refractivity contribution is 7.89. The first-order chi connectivity index (χ1) is 11.0. The maximum absolute atomic E-state index is 12.6. The molecule has 0 radical (unpaired) electrons. The smallest absolute Gasteiger partial charge is 0.243 e. The Labute approximate surface area is 136 Å². The van der Waals surface area contributed by atoms with E-state index in [4.69, 9.17) is 4.74 Å². The molecule has 1 saturated heterocycles. The third-order valence-corrected chi connectivity index (χ3v) is 5.74. The number of aliphatic hydroxyl groups is 1. The van der Waals surface area contributed by atoms with Crippen LogP contribution < -0.4 is 4.74 Å². The number of β-amino-alcohol motifs (C(OH)–C–C–N with tert-alkyl or cyclic N) is 1. The van der Waals surface area contributed by atoms with Crippen molar-refractivity contribution in [2.75, 3.05) is 13.1 Å². The molecule has 1 N–H and O–H groups in total. The lowest BCUT2D eigenvalue weighted by Gasteiger charge is -2.17. The Morgan fingerprint density at radius 3 is 2.35 bits per heavy atom. The van der Waals surface area contributed by atoms with Crippen LogP contribution in [-0.4, -0.2) is 43.1 Å². The minimum absolute atomic E-state index is 0.0354. The van der Waals surface area contributed by atoms with Crippen LogP contribution in [0.4, 0.5) is 0 Å². The van der Waals surface area contributed by atoms with Gasteiger partial charge in [0.1, 0.15) is 18.0 Å². The van der Waals surface area contributed by atoms with Crippen molar-refractivity contribution in [3.63, 3.8) is 0 Å². The highest BCUT2D eigenvalue weighted by Crippen LogP contribution is 2.24. The van der Waals surface area contributed by atoms with Crippen molar-refractivity contribution in [3.8, 4) is 5.75 Å². The molecule has 0 unspecified atom stereocenters. The zero-order chi connectivity index (χ0) is 16.4. The molecule has 1 heterocycles. The van der Waals surface area contributed by atoms with Crippen molar-refractivity contribution in [1.82, 2.24) is 4.31 Å². The van der Waals surface area contributed by atoms with E-state index in [1.165, 1.54) is 4.31 Å². The van der Waals surface area contributed by atoms with Crippen molar-refractivity contribution in [2.45, 2.75) is 24.0 Å². The first kappa shape index (κ1) is 16.0. The highest BCUT2D eigenvalue weighted by atomic mass is 32.2. The molecule has 1 fully saturated rings. The molecular formula is C17H19NO4S. The van der Waals surface area contributed by atoms with Gasteiger partial charge < -0.3 is 9.84 Å². The van der Waals surface area contributed by atoms with E-state index in [1.54, 1.807) is 36.4 Å². The van der Waals surface area contributed by atoms with Gasteiger partial charge in [-0.05, 0) is 31.2 Å². The van der Waals surface area contributed by atoms with E-state index >= 15 is 0 Å². The standard InChI is InChI=1S/C17H19NO4S/c1-13-7-9-15(10-8-13)23(20,21)18-11-16(19)17(12-18)22-14-5-3-2-4-6-14/h2-10,16-17,19H,11-12H2,1H3/t16-,17+/m0/s1. The number of sulfonamides is 1. The summed E-state index contributed by atoms with van der Waals surface area (Å²) in [6, 6.07) is 15.8. The second-order valence-corrected chi connectivity index (χ2v) is 7.61. The normalized spacial score (nSPS) is 22.2. The number of nitrogens with zero attached hydrogens (tertiary/aromatic N) is 1. The van der Waals surface area contributed by atoms with Crippen molar-refractivity contribution in [2.24, 2.45) is 0 Å². The summed E-state index contributed by atoms with van der Waals surface area (Å²) in [6.45, 7) is 2.07. The molecule has 5 nitrogen and oxygen atoms in total. The van der Waals surface area contributed by atoms with E-state index in [9.17, 15) is 13.5 Å². The number of para-hydroxylation sites is 1. The van der Waals surface area contributed by atoms with Gasteiger partial charge in [-0.25, -0.2) is 8.42 Å². The molecule has 23 heavy (non-hydrogen) atoms. The molecule has 0 aromatic heterocycles. The van der Waals surface area contributed by atoms with Gasteiger partial charge in [0.2, 0.25) is 10.0 Å². The lowest BCUT2D eigenvalue weighted by atomic mass is 10.2.